The van der Waals surface area contributed by atoms with Gasteiger partial charge in [-0.15, -0.1) is 0 Å². The number of carbonyl (C=O) groups excluding carboxylic acids is 1. The number of allylic oxidation sites excluding steroid dienone is 1. The van der Waals surface area contributed by atoms with Crippen LogP contribution in [0.25, 0.3) is 0 Å². The maximum atomic E-state index is 12.4. The van der Waals surface area contributed by atoms with Gasteiger partial charge in [-0.1, -0.05) is 62.7 Å². The summed E-state index contributed by atoms with van der Waals surface area (Å²) in [6.45, 7) is 8.01. The van der Waals surface area contributed by atoms with Crippen molar-refractivity contribution in [3.63, 3.8) is 0 Å². The van der Waals surface area contributed by atoms with Crippen molar-refractivity contribution >= 4 is 17.6 Å². The molecule has 6 nitrogen and oxygen atoms in total. The molecule has 3 aromatic carbocycles. The second kappa shape index (κ2) is 9.96. The predicted molar refractivity (Wildman–Crippen MR) is 138 cm³/mol. The number of rotatable bonds is 5. The maximum Gasteiger partial charge on any atom is 0.349 e. The molecule has 1 heterocycles. The fourth-order valence-corrected chi connectivity index (χ4v) is 4.32. The van der Waals surface area contributed by atoms with Crippen LogP contribution in [0, 0.1) is 18.3 Å². The third kappa shape index (κ3) is 5.32. The van der Waals surface area contributed by atoms with Crippen LogP contribution in [0.3, 0.4) is 0 Å². The van der Waals surface area contributed by atoms with Crippen LogP contribution in [-0.4, -0.2) is 12.6 Å². The molecule has 7 heteroatoms. The quantitative estimate of drug-likeness (QED) is 0.332. The van der Waals surface area contributed by atoms with E-state index in [1.165, 1.54) is 5.56 Å². The molecule has 36 heavy (non-hydrogen) atoms. The topological polar surface area (TPSA) is 94.6 Å². The first-order chi connectivity index (χ1) is 17.1. The highest BCUT2D eigenvalue weighted by atomic mass is 35.5. The number of aryl methyl sites for hydroxylation is 1. The molecule has 0 saturated carbocycles. The Morgan fingerprint density at radius 3 is 2.47 bits per heavy atom. The molecule has 0 fully saturated rings. The summed E-state index contributed by atoms with van der Waals surface area (Å²) in [6.07, 6.45) is 0. The van der Waals surface area contributed by atoms with E-state index in [1.807, 2.05) is 19.1 Å². The van der Waals surface area contributed by atoms with E-state index in [0.717, 1.165) is 16.7 Å². The fraction of sp³-hybridized carbons (Fsp3) is 0.241. The number of hydrogen-bond donors (Lipinski definition) is 1. The highest BCUT2D eigenvalue weighted by Gasteiger charge is 2.31. The summed E-state index contributed by atoms with van der Waals surface area (Å²) < 4.78 is 16.8. The summed E-state index contributed by atoms with van der Waals surface area (Å²) in [5.74, 6) is 0.318. The molecular weight excluding hydrogens is 476 g/mol. The molecule has 0 aromatic heterocycles. The Bertz CT molecular complexity index is 1380. The normalized spacial score (nSPS) is 14.9. The third-order valence-corrected chi connectivity index (χ3v) is 6.25. The average molecular weight is 503 g/mol. The Morgan fingerprint density at radius 2 is 1.83 bits per heavy atom. The van der Waals surface area contributed by atoms with Crippen molar-refractivity contribution in [3.05, 3.63) is 99.4 Å². The minimum Gasteiger partial charge on any atom is -0.482 e. The number of esters is 1. The number of fused-ring (bicyclic) bond motifs is 1. The molecule has 0 amide bonds. The first kappa shape index (κ1) is 25.2. The Morgan fingerprint density at radius 1 is 1.11 bits per heavy atom. The highest BCUT2D eigenvalue weighted by Crippen LogP contribution is 2.43. The van der Waals surface area contributed by atoms with Crippen molar-refractivity contribution in [2.75, 3.05) is 6.61 Å². The summed E-state index contributed by atoms with van der Waals surface area (Å²) in [5, 5.41) is 10.4. The lowest BCUT2D eigenvalue weighted by Crippen LogP contribution is -2.22. The minimum atomic E-state index is -0.573. The SMILES string of the molecule is Cc1cc(Cl)ccc1OCC(=O)Oc1ccc2c(c1)OC(N)=C(C#N)C2c1ccc(C(C)(C)C)cc1. The van der Waals surface area contributed by atoms with Crippen LogP contribution < -0.4 is 19.9 Å². The summed E-state index contributed by atoms with van der Waals surface area (Å²) >= 11 is 5.96. The van der Waals surface area contributed by atoms with E-state index in [4.69, 9.17) is 31.5 Å². The van der Waals surface area contributed by atoms with Gasteiger partial charge in [-0.25, -0.2) is 4.79 Å². The second-order valence-electron chi connectivity index (χ2n) is 9.67. The zero-order valence-electron chi connectivity index (χ0n) is 20.6. The van der Waals surface area contributed by atoms with Crippen molar-refractivity contribution in [3.8, 4) is 23.3 Å². The predicted octanol–water partition coefficient (Wildman–Crippen LogP) is 6.15. The third-order valence-electron chi connectivity index (χ3n) is 6.01. The number of nitrogens with zero attached hydrogens (tertiary/aromatic N) is 1. The first-order valence-electron chi connectivity index (χ1n) is 11.5. The van der Waals surface area contributed by atoms with Crippen molar-refractivity contribution in [2.45, 2.75) is 39.0 Å². The van der Waals surface area contributed by atoms with Gasteiger partial charge < -0.3 is 19.9 Å². The lowest BCUT2D eigenvalue weighted by atomic mass is 9.81. The standard InChI is InChI=1S/C29H27ClN2O4/c1-17-13-20(30)9-12-24(17)34-16-26(33)35-21-10-11-22-25(14-21)36-28(32)23(15-31)27(22)18-5-7-19(8-6-18)29(2,3)4/h5-14,27H,16,32H2,1-4H3. The molecule has 0 aliphatic carbocycles. The van der Waals surface area contributed by atoms with Crippen molar-refractivity contribution in [1.29, 1.82) is 5.26 Å². The lowest BCUT2D eigenvalue weighted by Gasteiger charge is -2.27. The van der Waals surface area contributed by atoms with Gasteiger partial charge in [0.1, 0.15) is 28.9 Å². The Kier molecular flexibility index (Phi) is 6.96. The molecule has 1 aliphatic rings. The Balaban J connectivity index is 1.55. The number of nitrogens with two attached hydrogens (primary N) is 1. The van der Waals surface area contributed by atoms with Gasteiger partial charge in [-0.2, -0.15) is 5.26 Å². The van der Waals surface area contributed by atoms with Crippen LogP contribution in [0.5, 0.6) is 17.2 Å². The monoisotopic (exact) mass is 502 g/mol. The molecule has 1 atom stereocenters. The van der Waals surface area contributed by atoms with Gasteiger partial charge in [0.2, 0.25) is 5.88 Å². The van der Waals surface area contributed by atoms with Crippen LogP contribution in [0.4, 0.5) is 0 Å². The molecule has 1 unspecified atom stereocenters. The van der Waals surface area contributed by atoms with E-state index in [0.29, 0.717) is 22.1 Å². The molecule has 184 valence electrons. The zero-order chi connectivity index (χ0) is 26.0. The molecule has 0 radical (unpaired) electrons. The Labute approximate surface area is 215 Å². The van der Waals surface area contributed by atoms with Crippen molar-refractivity contribution in [2.24, 2.45) is 5.73 Å². The van der Waals surface area contributed by atoms with E-state index in [2.05, 4.69) is 39.0 Å². The summed E-state index contributed by atoms with van der Waals surface area (Å²) in [4.78, 5) is 12.4. The second-order valence-corrected chi connectivity index (χ2v) is 10.1. The summed E-state index contributed by atoms with van der Waals surface area (Å²) in [6, 6.07) is 20.5. The van der Waals surface area contributed by atoms with E-state index in [9.17, 15) is 10.1 Å². The molecule has 3 aromatic rings. The molecule has 4 rings (SSSR count). The molecule has 1 aliphatic heterocycles. The van der Waals surface area contributed by atoms with E-state index in [1.54, 1.807) is 36.4 Å². The first-order valence-corrected chi connectivity index (χ1v) is 11.9. The van der Waals surface area contributed by atoms with Crippen LogP contribution in [0.1, 0.15) is 48.9 Å². The summed E-state index contributed by atoms with van der Waals surface area (Å²) in [5.41, 5.74) is 10.1. The fourth-order valence-electron chi connectivity index (χ4n) is 4.09. The molecule has 0 saturated heterocycles. The molecule has 2 N–H and O–H groups in total. The molecule has 0 spiro atoms. The molecule has 0 bridgehead atoms. The number of halogens is 1. The minimum absolute atomic E-state index is 0.00772. The Hall–Kier alpha value is -3.95. The van der Waals surface area contributed by atoms with E-state index in [-0.39, 0.29) is 23.7 Å². The number of benzene rings is 3. The lowest BCUT2D eigenvalue weighted by molar-refractivity contribution is -0.136. The highest BCUT2D eigenvalue weighted by molar-refractivity contribution is 6.30. The van der Waals surface area contributed by atoms with Gasteiger partial charge in [0, 0.05) is 16.7 Å². The van der Waals surface area contributed by atoms with Gasteiger partial charge in [0.05, 0.1) is 5.92 Å². The van der Waals surface area contributed by atoms with Gasteiger partial charge in [0.15, 0.2) is 6.61 Å². The van der Waals surface area contributed by atoms with Gasteiger partial charge >= 0.3 is 5.97 Å². The molecular formula is C29H27ClN2O4. The smallest absolute Gasteiger partial charge is 0.349 e. The van der Waals surface area contributed by atoms with Gasteiger partial charge in [0.25, 0.3) is 0 Å². The number of carbonyl (C=O) groups is 1. The average Bonchev–Trinajstić information content (AvgIpc) is 2.82. The number of hydrogen-bond acceptors (Lipinski definition) is 6. The van der Waals surface area contributed by atoms with Crippen molar-refractivity contribution in [1.82, 2.24) is 0 Å². The van der Waals surface area contributed by atoms with Gasteiger partial charge in [-0.3, -0.25) is 0 Å². The zero-order valence-corrected chi connectivity index (χ0v) is 21.3. The maximum absolute atomic E-state index is 12.4. The van der Waals surface area contributed by atoms with Gasteiger partial charge in [-0.05, 0) is 53.3 Å². The summed E-state index contributed by atoms with van der Waals surface area (Å²) in [7, 11) is 0. The van der Waals surface area contributed by atoms with Crippen LogP contribution in [0.15, 0.2) is 72.1 Å². The number of ether oxygens (including phenoxy) is 3. The van der Waals surface area contributed by atoms with E-state index >= 15 is 0 Å². The van der Waals surface area contributed by atoms with Crippen molar-refractivity contribution < 1.29 is 19.0 Å². The number of nitriles is 1. The largest absolute Gasteiger partial charge is 0.482 e. The van der Waals surface area contributed by atoms with Crippen LogP contribution in [0.2, 0.25) is 5.02 Å². The van der Waals surface area contributed by atoms with Crippen LogP contribution >= 0.6 is 11.6 Å². The van der Waals surface area contributed by atoms with Crippen LogP contribution in [-0.2, 0) is 10.2 Å². The van der Waals surface area contributed by atoms with E-state index < -0.39 is 11.9 Å².